The molecule has 6 heteroatoms. The number of aliphatic hydroxyl groups is 1. The first kappa shape index (κ1) is 16.6. The molecule has 23 heavy (non-hydrogen) atoms. The van der Waals surface area contributed by atoms with Crippen molar-refractivity contribution < 1.29 is 28.9 Å². The number of methoxy groups -OCH3 is 2. The Morgan fingerprint density at radius 3 is 2.65 bits per heavy atom. The van der Waals surface area contributed by atoms with E-state index < -0.39 is 23.6 Å². The van der Waals surface area contributed by atoms with Gasteiger partial charge < -0.3 is 19.3 Å². The van der Waals surface area contributed by atoms with E-state index in [1.807, 2.05) is 0 Å². The second-order valence-corrected chi connectivity index (χ2v) is 5.04. The van der Waals surface area contributed by atoms with Gasteiger partial charge in [-0.1, -0.05) is 0 Å². The van der Waals surface area contributed by atoms with Gasteiger partial charge >= 0.3 is 5.97 Å². The van der Waals surface area contributed by atoms with Crippen molar-refractivity contribution in [3.63, 3.8) is 0 Å². The second-order valence-electron chi connectivity index (χ2n) is 5.04. The zero-order chi connectivity index (χ0) is 17.0. The number of esters is 1. The summed E-state index contributed by atoms with van der Waals surface area (Å²) in [5, 5.41) is 10.0. The average molecular weight is 318 g/mol. The molecule has 1 N–H and O–H groups in total. The summed E-state index contributed by atoms with van der Waals surface area (Å²) < 4.78 is 15.3. The molecule has 1 saturated heterocycles. The van der Waals surface area contributed by atoms with Crippen LogP contribution in [0.2, 0.25) is 0 Å². The molecule has 0 aliphatic carbocycles. The van der Waals surface area contributed by atoms with E-state index >= 15 is 0 Å². The molecule has 1 atom stereocenters. The van der Waals surface area contributed by atoms with Gasteiger partial charge in [-0.3, -0.25) is 4.79 Å². The minimum atomic E-state index is -0.808. The van der Waals surface area contributed by atoms with Crippen LogP contribution >= 0.6 is 0 Å². The average Bonchev–Trinajstić information content (AvgIpc) is 2.51. The molecule has 2 rings (SSSR count). The number of cyclic esters (lactones) is 1. The zero-order valence-electron chi connectivity index (χ0n) is 13.2. The monoisotopic (exact) mass is 318 g/mol. The summed E-state index contributed by atoms with van der Waals surface area (Å²) in [7, 11) is 3.05. The van der Waals surface area contributed by atoms with Gasteiger partial charge in [0.2, 0.25) is 0 Å². The normalized spacial score (nSPS) is 20.4. The Morgan fingerprint density at radius 2 is 2.04 bits per heavy atom. The lowest BCUT2D eigenvalue weighted by Gasteiger charge is -2.19. The molecule has 1 aromatic rings. The van der Waals surface area contributed by atoms with Gasteiger partial charge in [0, 0.05) is 18.1 Å². The molecule has 0 amide bonds. The maximum atomic E-state index is 11.9. The Morgan fingerprint density at radius 1 is 1.30 bits per heavy atom. The highest BCUT2D eigenvalue weighted by molar-refractivity contribution is 6.19. The molecular formula is C17H18O6. The number of ether oxygens (including phenoxy) is 3. The van der Waals surface area contributed by atoms with Crippen LogP contribution in [0.4, 0.5) is 0 Å². The minimum Gasteiger partial charge on any atom is -0.507 e. The first-order chi connectivity index (χ1) is 11.0. The molecule has 1 aliphatic heterocycles. The number of hydrogen-bond donors (Lipinski definition) is 1. The topological polar surface area (TPSA) is 82.1 Å². The van der Waals surface area contributed by atoms with Gasteiger partial charge in [-0.2, -0.15) is 0 Å². The van der Waals surface area contributed by atoms with E-state index in [1.165, 1.54) is 13.2 Å². The minimum absolute atomic E-state index is 0.0603. The Labute approximate surface area is 134 Å². The number of allylic oxidation sites excluding steroid dienone is 1. The fourth-order valence-electron chi connectivity index (χ4n) is 2.22. The summed E-state index contributed by atoms with van der Waals surface area (Å²) in [6, 6.07) is 5.15. The van der Waals surface area contributed by atoms with Crippen molar-refractivity contribution >= 4 is 17.8 Å². The number of hydrogen-bond acceptors (Lipinski definition) is 6. The number of carbonyl (C=O) groups excluding carboxylic acids is 2. The largest absolute Gasteiger partial charge is 0.507 e. The van der Waals surface area contributed by atoms with Gasteiger partial charge in [0.05, 0.1) is 14.2 Å². The van der Waals surface area contributed by atoms with E-state index in [4.69, 9.17) is 14.2 Å². The van der Waals surface area contributed by atoms with Crippen molar-refractivity contribution in [3.05, 3.63) is 41.2 Å². The van der Waals surface area contributed by atoms with Crippen molar-refractivity contribution in [3.8, 4) is 11.5 Å². The summed E-state index contributed by atoms with van der Waals surface area (Å²) in [6.07, 6.45) is 2.40. The van der Waals surface area contributed by atoms with Crippen LogP contribution < -0.4 is 9.47 Å². The van der Waals surface area contributed by atoms with E-state index in [1.54, 1.807) is 38.3 Å². The summed E-state index contributed by atoms with van der Waals surface area (Å²) in [5.74, 6) is -0.508. The van der Waals surface area contributed by atoms with Gasteiger partial charge in [0.1, 0.15) is 28.9 Å². The van der Waals surface area contributed by atoms with Crippen molar-refractivity contribution in [2.75, 3.05) is 14.2 Å². The summed E-state index contributed by atoms with van der Waals surface area (Å²) in [4.78, 5) is 23.6. The second kappa shape index (κ2) is 7.00. The van der Waals surface area contributed by atoms with Gasteiger partial charge in [-0.05, 0) is 31.2 Å². The quantitative estimate of drug-likeness (QED) is 0.397. The molecular weight excluding hydrogens is 300 g/mol. The molecule has 122 valence electrons. The van der Waals surface area contributed by atoms with Crippen molar-refractivity contribution in [1.82, 2.24) is 0 Å². The predicted molar refractivity (Wildman–Crippen MR) is 83.4 cm³/mol. The molecule has 6 nitrogen and oxygen atoms in total. The maximum absolute atomic E-state index is 11.9. The fourth-order valence-corrected chi connectivity index (χ4v) is 2.22. The van der Waals surface area contributed by atoms with E-state index in [-0.39, 0.29) is 12.0 Å². The number of carbonyl (C=O) groups is 2. The lowest BCUT2D eigenvalue weighted by atomic mass is 10.0. The number of rotatable bonds is 4. The molecule has 1 fully saturated rings. The van der Waals surface area contributed by atoms with Gasteiger partial charge in [0.15, 0.2) is 5.78 Å². The Hall–Kier alpha value is -2.76. The predicted octanol–water partition coefficient (Wildman–Crippen LogP) is 2.43. The lowest BCUT2D eigenvalue weighted by Crippen LogP contribution is -2.31. The van der Waals surface area contributed by atoms with Crippen LogP contribution in [-0.2, 0) is 14.3 Å². The van der Waals surface area contributed by atoms with Gasteiger partial charge in [0.25, 0.3) is 0 Å². The number of Topliss-reactive ketones (excluding diaryl/α,β-unsaturated/α-hetero) is 1. The van der Waals surface area contributed by atoms with Crippen LogP contribution in [-0.4, -0.2) is 37.2 Å². The molecule has 0 bridgehead atoms. The van der Waals surface area contributed by atoms with Crippen LogP contribution in [0.3, 0.4) is 0 Å². The fraction of sp³-hybridized carbons (Fsp3) is 0.294. The number of ketones is 1. The highest BCUT2D eigenvalue weighted by atomic mass is 16.5. The van der Waals surface area contributed by atoms with Crippen LogP contribution in [0, 0.1) is 0 Å². The highest BCUT2D eigenvalue weighted by Gasteiger charge is 2.32. The molecule has 0 radical (unpaired) electrons. The first-order valence-electron chi connectivity index (χ1n) is 7.03. The van der Waals surface area contributed by atoms with E-state index in [0.717, 1.165) is 0 Å². The Balaban J connectivity index is 2.30. The van der Waals surface area contributed by atoms with Crippen LogP contribution in [0.15, 0.2) is 35.6 Å². The summed E-state index contributed by atoms with van der Waals surface area (Å²) in [5.41, 5.74) is 0.331. The maximum Gasteiger partial charge on any atom is 0.345 e. The molecule has 1 unspecified atom stereocenters. The highest BCUT2D eigenvalue weighted by Crippen LogP contribution is 2.26. The first-order valence-corrected chi connectivity index (χ1v) is 7.03. The van der Waals surface area contributed by atoms with Crippen molar-refractivity contribution in [2.45, 2.75) is 19.4 Å². The van der Waals surface area contributed by atoms with Crippen molar-refractivity contribution in [1.29, 1.82) is 0 Å². The van der Waals surface area contributed by atoms with Crippen LogP contribution in [0.5, 0.6) is 11.5 Å². The molecule has 1 aliphatic rings. The lowest BCUT2D eigenvalue weighted by molar-refractivity contribution is -0.150. The Kier molecular flexibility index (Phi) is 5.05. The molecule has 0 spiro atoms. The Bertz CT molecular complexity index is 666. The van der Waals surface area contributed by atoms with Crippen LogP contribution in [0.25, 0.3) is 6.08 Å². The van der Waals surface area contributed by atoms with Gasteiger partial charge in [-0.15, -0.1) is 0 Å². The summed E-state index contributed by atoms with van der Waals surface area (Å²) >= 11 is 0. The standard InChI is InChI=1S/C17H18O6/c1-10-8-14(19)16(17(20)23-10)13(18)7-5-11-4-6-12(21-2)9-15(11)22-3/h4-7,9-10,18H,8H2,1-3H3/b7-5+,16-13?. The molecule has 0 aromatic heterocycles. The third-order valence-corrected chi connectivity index (χ3v) is 3.38. The summed E-state index contributed by atoms with van der Waals surface area (Å²) in [6.45, 7) is 1.63. The van der Waals surface area contributed by atoms with E-state index in [2.05, 4.69) is 0 Å². The number of aliphatic hydroxyl groups excluding tert-OH is 1. The van der Waals surface area contributed by atoms with Gasteiger partial charge in [-0.25, -0.2) is 4.79 Å². The zero-order valence-corrected chi connectivity index (χ0v) is 13.2. The third kappa shape index (κ3) is 3.71. The van der Waals surface area contributed by atoms with E-state index in [0.29, 0.717) is 17.1 Å². The molecule has 1 heterocycles. The van der Waals surface area contributed by atoms with Crippen LogP contribution in [0.1, 0.15) is 18.9 Å². The third-order valence-electron chi connectivity index (χ3n) is 3.38. The number of benzene rings is 1. The molecule has 0 saturated carbocycles. The SMILES string of the molecule is COc1ccc(/C=C/C(O)=C2C(=O)CC(C)OC2=O)c(OC)c1. The molecule has 1 aromatic carbocycles. The smallest absolute Gasteiger partial charge is 0.345 e. The van der Waals surface area contributed by atoms with Crippen molar-refractivity contribution in [2.24, 2.45) is 0 Å². The van der Waals surface area contributed by atoms with E-state index in [9.17, 15) is 14.7 Å².